The van der Waals surface area contributed by atoms with Gasteiger partial charge >= 0.3 is 0 Å². The molecule has 0 bridgehead atoms. The summed E-state index contributed by atoms with van der Waals surface area (Å²) in [5.41, 5.74) is 2.34. The first-order valence-electron chi connectivity index (χ1n) is 8.75. The van der Waals surface area contributed by atoms with Crippen molar-refractivity contribution in [3.63, 3.8) is 0 Å². The summed E-state index contributed by atoms with van der Waals surface area (Å²) < 4.78 is 1.62. The van der Waals surface area contributed by atoms with Crippen molar-refractivity contribution in [2.75, 3.05) is 6.26 Å². The quantitative estimate of drug-likeness (QED) is 0.395. The van der Waals surface area contributed by atoms with Gasteiger partial charge in [-0.1, -0.05) is 41.9 Å². The van der Waals surface area contributed by atoms with Crippen LogP contribution in [0.2, 0.25) is 5.02 Å². The molecular weight excluding hydrogens is 388 g/mol. The summed E-state index contributed by atoms with van der Waals surface area (Å²) in [4.78, 5) is 19.1. The second kappa shape index (κ2) is 8.05. The van der Waals surface area contributed by atoms with Crippen LogP contribution in [0.25, 0.3) is 28.7 Å². The predicted octanol–water partition coefficient (Wildman–Crippen LogP) is 5.93. The highest BCUT2D eigenvalue weighted by Gasteiger charge is 2.10. The Morgan fingerprint density at radius 1 is 0.929 bits per heavy atom. The van der Waals surface area contributed by atoms with Gasteiger partial charge in [-0.05, 0) is 66.4 Å². The van der Waals surface area contributed by atoms with Crippen LogP contribution in [-0.4, -0.2) is 15.8 Å². The Hall–Kier alpha value is -2.82. The van der Waals surface area contributed by atoms with Gasteiger partial charge in [0, 0.05) is 9.92 Å². The number of hydrogen-bond acceptors (Lipinski definition) is 3. The van der Waals surface area contributed by atoms with E-state index in [2.05, 4.69) is 18.4 Å². The average Bonchev–Trinajstić information content (AvgIpc) is 2.74. The summed E-state index contributed by atoms with van der Waals surface area (Å²) in [6.07, 6.45) is 5.89. The number of para-hydroxylation sites is 1. The molecule has 4 aromatic rings. The number of hydrogen-bond donors (Lipinski definition) is 0. The fraction of sp³-hybridized carbons (Fsp3) is 0.0435. The third kappa shape index (κ3) is 3.75. The molecule has 0 saturated carbocycles. The van der Waals surface area contributed by atoms with Gasteiger partial charge in [-0.15, -0.1) is 11.8 Å². The molecule has 0 saturated heterocycles. The van der Waals surface area contributed by atoms with Crippen LogP contribution in [-0.2, 0) is 0 Å². The van der Waals surface area contributed by atoms with Crippen LogP contribution >= 0.6 is 23.4 Å². The Morgan fingerprint density at radius 2 is 1.64 bits per heavy atom. The van der Waals surface area contributed by atoms with E-state index < -0.39 is 0 Å². The number of nitrogens with zero attached hydrogens (tertiary/aromatic N) is 2. The van der Waals surface area contributed by atoms with Crippen molar-refractivity contribution in [1.82, 2.24) is 9.55 Å². The zero-order valence-corrected chi connectivity index (χ0v) is 16.7. The van der Waals surface area contributed by atoms with Crippen molar-refractivity contribution in [2.45, 2.75) is 4.90 Å². The van der Waals surface area contributed by atoms with Gasteiger partial charge < -0.3 is 0 Å². The summed E-state index contributed by atoms with van der Waals surface area (Å²) in [7, 11) is 0. The lowest BCUT2D eigenvalue weighted by molar-refractivity contribution is 0.944. The SMILES string of the molecule is CSc1ccc(/C=C/c2nc3ccccc3c(=O)n2-c2ccc(Cl)cc2)cc1. The van der Waals surface area contributed by atoms with E-state index in [9.17, 15) is 4.79 Å². The highest BCUT2D eigenvalue weighted by atomic mass is 35.5. The molecule has 0 aliphatic rings. The molecule has 0 aliphatic heterocycles. The van der Waals surface area contributed by atoms with Crippen LogP contribution < -0.4 is 5.56 Å². The van der Waals surface area contributed by atoms with Crippen LogP contribution in [0.15, 0.2) is 82.5 Å². The highest BCUT2D eigenvalue weighted by Crippen LogP contribution is 2.19. The van der Waals surface area contributed by atoms with Gasteiger partial charge in [-0.25, -0.2) is 4.98 Å². The smallest absolute Gasteiger partial charge is 0.266 e. The van der Waals surface area contributed by atoms with Crippen LogP contribution in [0, 0.1) is 0 Å². The molecule has 5 heteroatoms. The van der Waals surface area contributed by atoms with Crippen LogP contribution in [0.4, 0.5) is 0 Å². The molecule has 1 aromatic heterocycles. The van der Waals surface area contributed by atoms with E-state index in [0.29, 0.717) is 21.7 Å². The standard InChI is InChI=1S/C23H17ClN2OS/c1-28-19-13-6-16(7-14-19)8-15-22-25-21-5-3-2-4-20(21)23(27)26(22)18-11-9-17(24)10-12-18/h2-15H,1H3/b15-8+. The molecule has 0 aliphatic carbocycles. The first-order valence-corrected chi connectivity index (χ1v) is 10.4. The molecule has 0 unspecified atom stereocenters. The average molecular weight is 405 g/mol. The molecule has 1 heterocycles. The van der Waals surface area contributed by atoms with Crippen molar-refractivity contribution < 1.29 is 0 Å². The largest absolute Gasteiger partial charge is 0.268 e. The highest BCUT2D eigenvalue weighted by molar-refractivity contribution is 7.98. The molecule has 4 rings (SSSR count). The Kier molecular flexibility index (Phi) is 5.33. The van der Waals surface area contributed by atoms with Gasteiger partial charge in [0.1, 0.15) is 5.82 Å². The summed E-state index contributed by atoms with van der Waals surface area (Å²) in [5, 5.41) is 1.20. The van der Waals surface area contributed by atoms with E-state index in [1.807, 2.05) is 54.6 Å². The number of aromatic nitrogens is 2. The number of rotatable bonds is 4. The topological polar surface area (TPSA) is 34.9 Å². The summed E-state index contributed by atoms with van der Waals surface area (Å²) >= 11 is 7.72. The molecule has 0 N–H and O–H groups in total. The third-order valence-electron chi connectivity index (χ3n) is 4.43. The Balaban J connectivity index is 1.87. The lowest BCUT2D eigenvalue weighted by Crippen LogP contribution is -2.22. The van der Waals surface area contributed by atoms with E-state index in [4.69, 9.17) is 16.6 Å². The molecule has 0 spiro atoms. The van der Waals surface area contributed by atoms with Gasteiger partial charge in [0.25, 0.3) is 5.56 Å². The first-order chi connectivity index (χ1) is 13.7. The van der Waals surface area contributed by atoms with Crippen molar-refractivity contribution in [3.05, 3.63) is 99.6 Å². The first kappa shape index (κ1) is 18.5. The Labute approximate surface area is 172 Å². The van der Waals surface area contributed by atoms with Crippen molar-refractivity contribution >= 4 is 46.4 Å². The second-order valence-electron chi connectivity index (χ2n) is 6.21. The van der Waals surface area contributed by atoms with Crippen LogP contribution in [0.1, 0.15) is 11.4 Å². The second-order valence-corrected chi connectivity index (χ2v) is 7.53. The number of thioether (sulfide) groups is 1. The van der Waals surface area contributed by atoms with Gasteiger partial charge in [0.2, 0.25) is 0 Å². The van der Waals surface area contributed by atoms with Gasteiger partial charge in [0.15, 0.2) is 0 Å². The van der Waals surface area contributed by atoms with Gasteiger partial charge in [-0.3, -0.25) is 9.36 Å². The molecule has 0 amide bonds. The molecule has 0 atom stereocenters. The van der Waals surface area contributed by atoms with E-state index in [-0.39, 0.29) is 5.56 Å². The lowest BCUT2D eigenvalue weighted by Gasteiger charge is -2.11. The summed E-state index contributed by atoms with van der Waals surface area (Å²) in [6.45, 7) is 0. The Morgan fingerprint density at radius 3 is 2.36 bits per heavy atom. The predicted molar refractivity (Wildman–Crippen MR) is 120 cm³/mol. The zero-order chi connectivity index (χ0) is 19.5. The van der Waals surface area contributed by atoms with Crippen LogP contribution in [0.5, 0.6) is 0 Å². The maximum Gasteiger partial charge on any atom is 0.266 e. The summed E-state index contributed by atoms with van der Waals surface area (Å²) in [6, 6.07) is 22.8. The maximum absolute atomic E-state index is 13.2. The number of benzene rings is 3. The van der Waals surface area contributed by atoms with Crippen molar-refractivity contribution in [3.8, 4) is 5.69 Å². The minimum Gasteiger partial charge on any atom is -0.268 e. The monoisotopic (exact) mass is 404 g/mol. The van der Waals surface area contributed by atoms with E-state index >= 15 is 0 Å². The van der Waals surface area contributed by atoms with Gasteiger partial charge in [0.05, 0.1) is 16.6 Å². The van der Waals surface area contributed by atoms with E-state index in [0.717, 1.165) is 11.3 Å². The minimum atomic E-state index is -0.106. The third-order valence-corrected chi connectivity index (χ3v) is 5.42. The molecule has 3 nitrogen and oxygen atoms in total. The number of fused-ring (bicyclic) bond motifs is 1. The number of halogens is 1. The minimum absolute atomic E-state index is 0.106. The van der Waals surface area contributed by atoms with Gasteiger partial charge in [-0.2, -0.15) is 0 Å². The molecule has 28 heavy (non-hydrogen) atoms. The maximum atomic E-state index is 13.2. The van der Waals surface area contributed by atoms with Crippen molar-refractivity contribution in [2.24, 2.45) is 0 Å². The molecule has 3 aromatic carbocycles. The molecule has 0 radical (unpaired) electrons. The van der Waals surface area contributed by atoms with Crippen LogP contribution in [0.3, 0.4) is 0 Å². The van der Waals surface area contributed by atoms with E-state index in [1.165, 1.54) is 4.90 Å². The Bertz CT molecular complexity index is 1210. The fourth-order valence-electron chi connectivity index (χ4n) is 2.99. The molecule has 138 valence electrons. The fourth-order valence-corrected chi connectivity index (χ4v) is 3.52. The molecular formula is C23H17ClN2OS. The summed E-state index contributed by atoms with van der Waals surface area (Å²) in [5.74, 6) is 0.569. The molecule has 0 fully saturated rings. The van der Waals surface area contributed by atoms with Crippen molar-refractivity contribution in [1.29, 1.82) is 0 Å². The zero-order valence-electron chi connectivity index (χ0n) is 15.2. The normalized spacial score (nSPS) is 11.4. The van der Waals surface area contributed by atoms with E-state index in [1.54, 1.807) is 34.5 Å². The lowest BCUT2D eigenvalue weighted by atomic mass is 10.2.